The fourth-order valence-electron chi connectivity index (χ4n) is 2.57. The van der Waals surface area contributed by atoms with Crippen LogP contribution in [-0.2, 0) is 13.0 Å². The zero-order chi connectivity index (χ0) is 19.2. The van der Waals surface area contributed by atoms with E-state index in [1.165, 1.54) is 0 Å². The lowest BCUT2D eigenvalue weighted by Gasteiger charge is -2.09. The summed E-state index contributed by atoms with van der Waals surface area (Å²) in [5.74, 6) is 2.06. The number of carbonyl (C=O) groups excluding carboxylic acids is 1. The minimum Gasteiger partial charge on any atom is -0.497 e. The van der Waals surface area contributed by atoms with E-state index >= 15 is 0 Å². The average molecular weight is 367 g/mol. The molecule has 3 aromatic rings. The summed E-state index contributed by atoms with van der Waals surface area (Å²) >= 11 is 0. The number of amides is 1. The van der Waals surface area contributed by atoms with Crippen molar-refractivity contribution in [1.29, 1.82) is 0 Å². The van der Waals surface area contributed by atoms with E-state index in [9.17, 15) is 4.79 Å². The first-order chi connectivity index (χ1) is 13.1. The third-order valence-corrected chi connectivity index (χ3v) is 4.00. The van der Waals surface area contributed by atoms with Crippen molar-refractivity contribution in [2.75, 3.05) is 14.2 Å². The highest BCUT2D eigenvalue weighted by Crippen LogP contribution is 2.26. The summed E-state index contributed by atoms with van der Waals surface area (Å²) in [4.78, 5) is 20.6. The highest BCUT2D eigenvalue weighted by molar-refractivity contribution is 5.91. The number of benzene rings is 1. The summed E-state index contributed by atoms with van der Waals surface area (Å²) in [6.45, 7) is 2.14. The van der Waals surface area contributed by atoms with Crippen molar-refractivity contribution in [1.82, 2.24) is 15.3 Å². The lowest BCUT2D eigenvalue weighted by atomic mass is 10.1. The molecule has 0 aliphatic heterocycles. The number of aromatic nitrogens is 2. The molecule has 0 spiro atoms. The number of rotatable bonds is 7. The van der Waals surface area contributed by atoms with Gasteiger partial charge in [-0.2, -0.15) is 0 Å². The Hall–Kier alpha value is -3.35. The zero-order valence-electron chi connectivity index (χ0n) is 15.5. The Kier molecular flexibility index (Phi) is 5.71. The molecule has 0 fully saturated rings. The van der Waals surface area contributed by atoms with Gasteiger partial charge in [-0.3, -0.25) is 14.8 Å². The molecule has 0 atom stereocenters. The molecule has 0 bridgehead atoms. The highest BCUT2D eigenvalue weighted by atomic mass is 16.5. The normalized spacial score (nSPS) is 10.5. The van der Waals surface area contributed by atoms with Crippen molar-refractivity contribution in [3.05, 3.63) is 71.2 Å². The van der Waals surface area contributed by atoms with Crippen molar-refractivity contribution in [2.45, 2.75) is 19.9 Å². The van der Waals surface area contributed by atoms with Crippen molar-refractivity contribution in [3.8, 4) is 11.5 Å². The van der Waals surface area contributed by atoms with E-state index in [0.717, 1.165) is 22.8 Å². The molecule has 0 aliphatic rings. The van der Waals surface area contributed by atoms with Crippen LogP contribution < -0.4 is 14.8 Å². The number of nitrogens with zero attached hydrogens (tertiary/aromatic N) is 2. The smallest absolute Gasteiger partial charge is 0.287 e. The minimum atomic E-state index is -0.304. The van der Waals surface area contributed by atoms with Crippen LogP contribution in [0, 0.1) is 6.92 Å². The second-order valence-corrected chi connectivity index (χ2v) is 5.95. The summed E-state index contributed by atoms with van der Waals surface area (Å²) in [7, 11) is 3.22. The van der Waals surface area contributed by atoms with E-state index in [1.54, 1.807) is 38.7 Å². The molecule has 0 unspecified atom stereocenters. The van der Waals surface area contributed by atoms with Crippen LogP contribution in [0.1, 0.15) is 33.3 Å². The van der Waals surface area contributed by atoms with E-state index < -0.39 is 0 Å². The van der Waals surface area contributed by atoms with Gasteiger partial charge in [0.1, 0.15) is 17.3 Å². The van der Waals surface area contributed by atoms with Crippen LogP contribution in [0.5, 0.6) is 11.5 Å². The Morgan fingerprint density at radius 2 is 1.96 bits per heavy atom. The second-order valence-electron chi connectivity index (χ2n) is 5.95. The van der Waals surface area contributed by atoms with Gasteiger partial charge < -0.3 is 19.2 Å². The first-order valence-corrected chi connectivity index (χ1v) is 8.44. The molecule has 0 saturated heterocycles. The lowest BCUT2D eigenvalue weighted by Crippen LogP contribution is -2.22. The number of hydrogen-bond donors (Lipinski definition) is 1. The molecule has 7 nitrogen and oxygen atoms in total. The van der Waals surface area contributed by atoms with E-state index in [4.69, 9.17) is 13.9 Å². The number of methoxy groups -OCH3 is 2. The number of aryl methyl sites for hydroxylation is 1. The standard InChI is InChI=1S/C20H21N3O4/c1-13-10-22-15(11-21-13)12-23-20(24)19-7-5-17(27-19)9-14-8-16(25-2)4-6-18(14)26-3/h4-8,10-11H,9,12H2,1-3H3,(H,23,24). The minimum absolute atomic E-state index is 0.243. The molecular formula is C20H21N3O4. The maximum Gasteiger partial charge on any atom is 0.287 e. The van der Waals surface area contributed by atoms with Gasteiger partial charge in [-0.15, -0.1) is 0 Å². The average Bonchev–Trinajstić information content (AvgIpc) is 3.16. The van der Waals surface area contributed by atoms with Crippen molar-refractivity contribution in [2.24, 2.45) is 0 Å². The summed E-state index contributed by atoms with van der Waals surface area (Å²) in [6.07, 6.45) is 3.78. The Bertz CT molecular complexity index is 919. The maximum absolute atomic E-state index is 12.3. The van der Waals surface area contributed by atoms with Gasteiger partial charge in [0.2, 0.25) is 0 Å². The molecule has 1 amide bonds. The number of furan rings is 1. The molecule has 2 aromatic heterocycles. The monoisotopic (exact) mass is 367 g/mol. The highest BCUT2D eigenvalue weighted by Gasteiger charge is 2.13. The van der Waals surface area contributed by atoms with Crippen molar-refractivity contribution in [3.63, 3.8) is 0 Å². The van der Waals surface area contributed by atoms with Crippen LogP contribution in [-0.4, -0.2) is 30.1 Å². The molecule has 1 aromatic carbocycles. The largest absolute Gasteiger partial charge is 0.497 e. The number of ether oxygens (including phenoxy) is 2. The summed E-state index contributed by atoms with van der Waals surface area (Å²) in [6, 6.07) is 8.99. The van der Waals surface area contributed by atoms with E-state index in [1.807, 2.05) is 25.1 Å². The van der Waals surface area contributed by atoms with Gasteiger partial charge in [0, 0.05) is 18.2 Å². The van der Waals surface area contributed by atoms with Gasteiger partial charge in [-0.25, -0.2) is 0 Å². The van der Waals surface area contributed by atoms with Crippen LogP contribution in [0.15, 0.2) is 47.1 Å². The topological polar surface area (TPSA) is 86.5 Å². The molecule has 140 valence electrons. The summed E-state index contributed by atoms with van der Waals surface area (Å²) in [5, 5.41) is 2.77. The van der Waals surface area contributed by atoms with Crippen LogP contribution in [0.25, 0.3) is 0 Å². The molecule has 0 saturated carbocycles. The van der Waals surface area contributed by atoms with E-state index in [-0.39, 0.29) is 18.2 Å². The number of nitrogens with one attached hydrogen (secondary N) is 1. The predicted molar refractivity (Wildman–Crippen MR) is 99.0 cm³/mol. The molecule has 1 N–H and O–H groups in total. The van der Waals surface area contributed by atoms with Gasteiger partial charge in [-0.05, 0) is 37.3 Å². The van der Waals surface area contributed by atoms with E-state index in [2.05, 4.69) is 15.3 Å². The first-order valence-electron chi connectivity index (χ1n) is 8.44. The molecule has 3 rings (SSSR count). The fourth-order valence-corrected chi connectivity index (χ4v) is 2.57. The van der Waals surface area contributed by atoms with Crippen molar-refractivity contribution >= 4 is 5.91 Å². The van der Waals surface area contributed by atoms with Gasteiger partial charge in [0.05, 0.1) is 38.3 Å². The summed E-state index contributed by atoms with van der Waals surface area (Å²) < 4.78 is 16.3. The van der Waals surface area contributed by atoms with Gasteiger partial charge >= 0.3 is 0 Å². The molecule has 2 heterocycles. The Labute approximate surface area is 157 Å². The molecular weight excluding hydrogens is 346 g/mol. The lowest BCUT2D eigenvalue weighted by molar-refractivity contribution is 0.0921. The Morgan fingerprint density at radius 3 is 2.67 bits per heavy atom. The Balaban J connectivity index is 1.65. The molecule has 7 heteroatoms. The van der Waals surface area contributed by atoms with Crippen LogP contribution in [0.3, 0.4) is 0 Å². The van der Waals surface area contributed by atoms with Gasteiger partial charge in [0.25, 0.3) is 5.91 Å². The van der Waals surface area contributed by atoms with Crippen molar-refractivity contribution < 1.29 is 18.7 Å². The van der Waals surface area contributed by atoms with Crippen LogP contribution >= 0.6 is 0 Å². The molecule has 0 aliphatic carbocycles. The zero-order valence-corrected chi connectivity index (χ0v) is 15.5. The van der Waals surface area contributed by atoms with Gasteiger partial charge in [0.15, 0.2) is 5.76 Å². The maximum atomic E-state index is 12.3. The van der Waals surface area contributed by atoms with Crippen LogP contribution in [0.2, 0.25) is 0 Å². The molecule has 27 heavy (non-hydrogen) atoms. The third-order valence-electron chi connectivity index (χ3n) is 4.00. The quantitative estimate of drug-likeness (QED) is 0.691. The van der Waals surface area contributed by atoms with Crippen LogP contribution in [0.4, 0.5) is 0 Å². The summed E-state index contributed by atoms with van der Waals surface area (Å²) in [5.41, 5.74) is 2.42. The number of carbonyl (C=O) groups is 1. The van der Waals surface area contributed by atoms with E-state index in [0.29, 0.717) is 17.9 Å². The fraction of sp³-hybridized carbons (Fsp3) is 0.250. The number of hydrogen-bond acceptors (Lipinski definition) is 6. The Morgan fingerprint density at radius 1 is 1.11 bits per heavy atom. The SMILES string of the molecule is COc1ccc(OC)c(Cc2ccc(C(=O)NCc3cnc(C)cn3)o2)c1. The third kappa shape index (κ3) is 4.63. The second kappa shape index (κ2) is 8.35. The predicted octanol–water partition coefficient (Wildman–Crippen LogP) is 2.92. The van der Waals surface area contributed by atoms with Gasteiger partial charge in [-0.1, -0.05) is 0 Å². The first kappa shape index (κ1) is 18.4. The molecule has 0 radical (unpaired) electrons.